The molecule has 0 atom stereocenters. The highest BCUT2D eigenvalue weighted by Gasteiger charge is 2.08. The van der Waals surface area contributed by atoms with E-state index >= 15 is 0 Å². The molecule has 0 N–H and O–H groups in total. The maximum Gasteiger partial charge on any atom is 0.137 e. The van der Waals surface area contributed by atoms with Crippen LogP contribution in [-0.4, -0.2) is 9.55 Å². The molecule has 0 aliphatic rings. The molecule has 2 aromatic heterocycles. The molecule has 0 bridgehead atoms. The average molecular weight is 287 g/mol. The molecule has 0 fully saturated rings. The van der Waals surface area contributed by atoms with Crippen molar-refractivity contribution < 1.29 is 0 Å². The minimum Gasteiger partial charge on any atom is -0.298 e. The molecular weight excluding hydrogens is 276 g/mol. The van der Waals surface area contributed by atoms with Gasteiger partial charge in [0, 0.05) is 21.7 Å². The number of aromatic nitrogens is 2. The fraction of sp³-hybridized carbons (Fsp3) is 0.0714. The predicted octanol–water partition coefficient (Wildman–Crippen LogP) is 4.10. The van der Waals surface area contributed by atoms with E-state index in [0.29, 0.717) is 0 Å². The fourth-order valence-electron chi connectivity index (χ4n) is 2.10. The molecule has 3 aromatic rings. The maximum absolute atomic E-state index is 4.41. The summed E-state index contributed by atoms with van der Waals surface area (Å²) in [6.07, 6.45) is 1.82. The second-order valence-electron chi connectivity index (χ2n) is 4.01. The van der Waals surface area contributed by atoms with E-state index in [0.717, 1.165) is 10.3 Å². The van der Waals surface area contributed by atoms with E-state index < -0.39 is 0 Å². The average Bonchev–Trinajstić information content (AvgIpc) is 2.65. The van der Waals surface area contributed by atoms with Crippen LogP contribution in [0.5, 0.6) is 0 Å². The largest absolute Gasteiger partial charge is 0.298 e. The molecule has 3 heteroatoms. The number of rotatable bonds is 1. The van der Waals surface area contributed by atoms with Gasteiger partial charge >= 0.3 is 0 Å². The van der Waals surface area contributed by atoms with Crippen molar-refractivity contribution >= 4 is 26.8 Å². The van der Waals surface area contributed by atoms with E-state index in [9.17, 15) is 0 Å². The molecule has 0 saturated carbocycles. The summed E-state index contributed by atoms with van der Waals surface area (Å²) in [7, 11) is 0. The SMILES string of the molecule is Cc1cc2ccc(Br)cc2n1-c1ccccn1. The molecule has 0 radical (unpaired) electrons. The van der Waals surface area contributed by atoms with Crippen LogP contribution in [-0.2, 0) is 0 Å². The number of benzene rings is 1. The van der Waals surface area contributed by atoms with E-state index in [1.165, 1.54) is 16.6 Å². The first kappa shape index (κ1) is 10.5. The highest BCUT2D eigenvalue weighted by Crippen LogP contribution is 2.25. The van der Waals surface area contributed by atoms with Gasteiger partial charge in [0.2, 0.25) is 0 Å². The number of fused-ring (bicyclic) bond motifs is 1. The summed E-state index contributed by atoms with van der Waals surface area (Å²) in [5.41, 5.74) is 2.37. The van der Waals surface area contributed by atoms with Crippen LogP contribution in [0.3, 0.4) is 0 Å². The minimum absolute atomic E-state index is 0.957. The predicted molar refractivity (Wildman–Crippen MR) is 73.5 cm³/mol. The maximum atomic E-state index is 4.41. The van der Waals surface area contributed by atoms with Gasteiger partial charge in [-0.2, -0.15) is 0 Å². The second-order valence-corrected chi connectivity index (χ2v) is 4.93. The zero-order valence-electron chi connectivity index (χ0n) is 9.39. The Hall–Kier alpha value is -1.61. The van der Waals surface area contributed by atoms with E-state index in [2.05, 4.69) is 56.7 Å². The third kappa shape index (κ3) is 1.76. The number of halogens is 1. The van der Waals surface area contributed by atoms with Crippen molar-refractivity contribution in [3.8, 4) is 5.82 Å². The van der Waals surface area contributed by atoms with Gasteiger partial charge in [-0.1, -0.05) is 28.1 Å². The van der Waals surface area contributed by atoms with Crippen molar-refractivity contribution in [2.24, 2.45) is 0 Å². The number of pyridine rings is 1. The highest BCUT2D eigenvalue weighted by molar-refractivity contribution is 9.10. The normalized spacial score (nSPS) is 10.9. The van der Waals surface area contributed by atoms with Gasteiger partial charge < -0.3 is 0 Å². The van der Waals surface area contributed by atoms with Gasteiger partial charge in [-0.15, -0.1) is 0 Å². The number of hydrogen-bond donors (Lipinski definition) is 0. The van der Waals surface area contributed by atoms with E-state index in [1.807, 2.05) is 24.4 Å². The van der Waals surface area contributed by atoms with Crippen LogP contribution in [0, 0.1) is 6.92 Å². The number of aryl methyl sites for hydroxylation is 1. The third-order valence-corrected chi connectivity index (χ3v) is 3.32. The standard InChI is InChI=1S/C14H11BrN2/c1-10-8-11-5-6-12(15)9-13(11)17(10)14-4-2-3-7-16-14/h2-9H,1H3. The Bertz CT molecular complexity index is 671. The molecule has 0 aliphatic carbocycles. The summed E-state index contributed by atoms with van der Waals surface area (Å²) >= 11 is 3.51. The molecule has 1 aromatic carbocycles. The summed E-state index contributed by atoms with van der Waals surface area (Å²) in [4.78, 5) is 4.41. The first-order valence-electron chi connectivity index (χ1n) is 5.45. The van der Waals surface area contributed by atoms with Crippen LogP contribution in [0.25, 0.3) is 16.7 Å². The summed E-state index contributed by atoms with van der Waals surface area (Å²) in [6, 6.07) is 14.4. The highest BCUT2D eigenvalue weighted by atomic mass is 79.9. The Morgan fingerprint density at radius 1 is 1.12 bits per heavy atom. The van der Waals surface area contributed by atoms with Crippen LogP contribution < -0.4 is 0 Å². The molecular formula is C14H11BrN2. The van der Waals surface area contributed by atoms with Gasteiger partial charge in [-0.3, -0.25) is 4.57 Å². The van der Waals surface area contributed by atoms with E-state index in [-0.39, 0.29) is 0 Å². The van der Waals surface area contributed by atoms with Crippen LogP contribution in [0.2, 0.25) is 0 Å². The molecule has 17 heavy (non-hydrogen) atoms. The van der Waals surface area contributed by atoms with Gasteiger partial charge in [-0.05, 0) is 37.3 Å². The first-order valence-corrected chi connectivity index (χ1v) is 6.24. The Labute approximate surface area is 108 Å². The molecule has 3 rings (SSSR count). The Morgan fingerprint density at radius 2 is 2.00 bits per heavy atom. The molecule has 0 aliphatic heterocycles. The van der Waals surface area contributed by atoms with Crippen LogP contribution in [0.15, 0.2) is 53.1 Å². The van der Waals surface area contributed by atoms with Crippen molar-refractivity contribution in [3.05, 3.63) is 58.8 Å². The Kier molecular flexibility index (Phi) is 2.48. The van der Waals surface area contributed by atoms with Crippen molar-refractivity contribution in [2.45, 2.75) is 6.92 Å². The zero-order valence-corrected chi connectivity index (χ0v) is 11.0. The quantitative estimate of drug-likeness (QED) is 0.659. The Morgan fingerprint density at radius 3 is 2.76 bits per heavy atom. The molecule has 84 valence electrons. The van der Waals surface area contributed by atoms with Gasteiger partial charge in [0.05, 0.1) is 5.52 Å². The fourth-order valence-corrected chi connectivity index (χ4v) is 2.45. The van der Waals surface area contributed by atoms with Gasteiger partial charge in [0.15, 0.2) is 0 Å². The topological polar surface area (TPSA) is 17.8 Å². The summed E-state index contributed by atoms with van der Waals surface area (Å²) < 4.78 is 3.25. The number of nitrogens with zero attached hydrogens (tertiary/aromatic N) is 2. The van der Waals surface area contributed by atoms with Crippen molar-refractivity contribution in [2.75, 3.05) is 0 Å². The summed E-state index contributed by atoms with van der Waals surface area (Å²) in [6.45, 7) is 2.10. The van der Waals surface area contributed by atoms with Gasteiger partial charge in [-0.25, -0.2) is 4.98 Å². The molecule has 0 spiro atoms. The summed E-state index contributed by atoms with van der Waals surface area (Å²) in [5.74, 6) is 0.957. The zero-order chi connectivity index (χ0) is 11.8. The lowest BCUT2D eigenvalue weighted by Gasteiger charge is -2.06. The van der Waals surface area contributed by atoms with E-state index in [1.54, 1.807) is 0 Å². The lowest BCUT2D eigenvalue weighted by atomic mass is 10.2. The third-order valence-electron chi connectivity index (χ3n) is 2.83. The molecule has 0 unspecified atom stereocenters. The van der Waals surface area contributed by atoms with Gasteiger partial charge in [0.25, 0.3) is 0 Å². The van der Waals surface area contributed by atoms with Crippen LogP contribution in [0.4, 0.5) is 0 Å². The van der Waals surface area contributed by atoms with Crippen molar-refractivity contribution in [3.63, 3.8) is 0 Å². The van der Waals surface area contributed by atoms with E-state index in [4.69, 9.17) is 0 Å². The Balaban J connectivity index is 2.35. The van der Waals surface area contributed by atoms with Crippen LogP contribution in [0.1, 0.15) is 5.69 Å². The van der Waals surface area contributed by atoms with Gasteiger partial charge in [0.1, 0.15) is 5.82 Å². The monoisotopic (exact) mass is 286 g/mol. The smallest absolute Gasteiger partial charge is 0.137 e. The first-order chi connectivity index (χ1) is 8.25. The second kappa shape index (κ2) is 4.00. The lowest BCUT2D eigenvalue weighted by Crippen LogP contribution is -1.98. The molecule has 0 saturated heterocycles. The minimum atomic E-state index is 0.957. The molecule has 2 heterocycles. The van der Waals surface area contributed by atoms with Crippen molar-refractivity contribution in [1.29, 1.82) is 0 Å². The lowest BCUT2D eigenvalue weighted by molar-refractivity contribution is 0.993. The number of hydrogen-bond acceptors (Lipinski definition) is 1. The van der Waals surface area contributed by atoms with Crippen molar-refractivity contribution in [1.82, 2.24) is 9.55 Å². The van der Waals surface area contributed by atoms with Crippen LogP contribution >= 0.6 is 15.9 Å². The molecule has 2 nitrogen and oxygen atoms in total. The molecule has 0 amide bonds. The summed E-state index contributed by atoms with van der Waals surface area (Å²) in [5, 5.41) is 1.23.